The van der Waals surface area contributed by atoms with E-state index in [9.17, 15) is 9.59 Å². The molecule has 0 saturated heterocycles. The highest BCUT2D eigenvalue weighted by Gasteiger charge is 2.16. The summed E-state index contributed by atoms with van der Waals surface area (Å²) in [5.41, 5.74) is -1.87. The molecule has 0 fully saturated rings. The fourth-order valence-corrected chi connectivity index (χ4v) is 1.98. The zero-order valence-corrected chi connectivity index (χ0v) is 12.7. The van der Waals surface area contributed by atoms with Gasteiger partial charge in [-0.2, -0.15) is 0 Å². The molecular weight excluding hydrogens is 276 g/mol. The Balaban J connectivity index is 3.25. The predicted octanol–water partition coefficient (Wildman–Crippen LogP) is 4.07. The normalized spacial score (nSPS) is 11.4. The van der Waals surface area contributed by atoms with Crippen LogP contribution < -0.4 is 0 Å². The summed E-state index contributed by atoms with van der Waals surface area (Å²) < 4.78 is 4.59. The first-order valence-corrected chi connectivity index (χ1v) is 7.46. The summed E-state index contributed by atoms with van der Waals surface area (Å²) in [6.45, 7) is 15.4. The van der Waals surface area contributed by atoms with Crippen molar-refractivity contribution in [2.75, 3.05) is 0 Å². The zero-order chi connectivity index (χ0) is 15.4. The van der Waals surface area contributed by atoms with Crippen molar-refractivity contribution in [2.45, 2.75) is 69.8 Å². The van der Waals surface area contributed by atoms with Crippen molar-refractivity contribution >= 4 is 22.8 Å². The van der Waals surface area contributed by atoms with Gasteiger partial charge in [0.1, 0.15) is 5.60 Å². The number of hydrogen-bond donors (Lipinski definition) is 0. The third kappa shape index (κ3) is 15.5. The van der Waals surface area contributed by atoms with Crippen LogP contribution in [-0.4, -0.2) is 16.8 Å². The number of carbonyl (C=O) groups excluding carboxylic acids is 2. The van der Waals surface area contributed by atoms with E-state index in [1.165, 1.54) is 0 Å². The van der Waals surface area contributed by atoms with Gasteiger partial charge in [-0.05, 0) is 24.4 Å². The van der Waals surface area contributed by atoms with Crippen molar-refractivity contribution in [3.05, 3.63) is 20.8 Å². The number of esters is 1. The SMILES string of the molecule is [CH]C([CH])([CH])OC(=O)CCCCCCCCCCC(=O)Cl. The van der Waals surface area contributed by atoms with E-state index < -0.39 is 11.6 Å². The molecule has 0 amide bonds. The fourth-order valence-electron chi connectivity index (χ4n) is 1.84. The number of unbranched alkanes of at least 4 members (excludes halogenated alkanes) is 7. The van der Waals surface area contributed by atoms with E-state index in [1.807, 2.05) is 0 Å². The van der Waals surface area contributed by atoms with Crippen LogP contribution in [0.25, 0.3) is 0 Å². The summed E-state index contributed by atoms with van der Waals surface area (Å²) in [5.74, 6) is -0.469. The van der Waals surface area contributed by atoms with Gasteiger partial charge in [0.25, 0.3) is 0 Å². The molecule has 0 aliphatic rings. The average molecular weight is 299 g/mol. The molecule has 0 N–H and O–H groups in total. The van der Waals surface area contributed by atoms with Gasteiger partial charge in [-0.1, -0.05) is 38.5 Å². The smallest absolute Gasteiger partial charge is 0.306 e. The van der Waals surface area contributed by atoms with E-state index in [2.05, 4.69) is 4.74 Å². The zero-order valence-electron chi connectivity index (χ0n) is 11.9. The summed E-state index contributed by atoms with van der Waals surface area (Å²) in [6, 6.07) is 0. The van der Waals surface area contributed by atoms with E-state index in [0.717, 1.165) is 51.4 Å². The van der Waals surface area contributed by atoms with Crippen molar-refractivity contribution in [3.8, 4) is 0 Å². The Labute approximate surface area is 128 Å². The van der Waals surface area contributed by atoms with E-state index in [4.69, 9.17) is 32.4 Å². The standard InChI is InChI=1S/C16H23ClO3/c1-16(2,3)20-15(19)13-11-9-7-5-4-6-8-10-12-14(17)18/h1-3H,4-13H2. The quantitative estimate of drug-likeness (QED) is 0.310. The lowest BCUT2D eigenvalue weighted by Gasteiger charge is -2.17. The number of hydrogen-bond acceptors (Lipinski definition) is 3. The summed E-state index contributed by atoms with van der Waals surface area (Å²) in [7, 11) is 0. The van der Waals surface area contributed by atoms with Gasteiger partial charge >= 0.3 is 5.97 Å². The van der Waals surface area contributed by atoms with Crippen molar-refractivity contribution in [1.29, 1.82) is 0 Å². The summed E-state index contributed by atoms with van der Waals surface area (Å²) >= 11 is 5.24. The van der Waals surface area contributed by atoms with Gasteiger partial charge < -0.3 is 4.74 Å². The van der Waals surface area contributed by atoms with Crippen LogP contribution in [0.3, 0.4) is 0 Å². The third-order valence-electron chi connectivity index (χ3n) is 2.79. The highest BCUT2D eigenvalue weighted by molar-refractivity contribution is 6.63. The molecule has 0 aliphatic carbocycles. The van der Waals surface area contributed by atoms with Crippen molar-refractivity contribution in [3.63, 3.8) is 0 Å². The van der Waals surface area contributed by atoms with Gasteiger partial charge in [0.05, 0.1) is 0 Å². The first kappa shape index (κ1) is 19.4. The van der Waals surface area contributed by atoms with Crippen molar-refractivity contribution < 1.29 is 14.3 Å². The molecular formula is C16H23ClO3. The Bertz CT molecular complexity index is 282. The molecule has 0 aromatic heterocycles. The van der Waals surface area contributed by atoms with Crippen LogP contribution in [0, 0.1) is 20.8 Å². The Morgan fingerprint density at radius 2 is 1.20 bits per heavy atom. The van der Waals surface area contributed by atoms with Crippen LogP contribution in [0.1, 0.15) is 64.2 Å². The molecule has 0 aromatic carbocycles. The lowest BCUT2D eigenvalue weighted by atomic mass is 10.1. The largest absolute Gasteiger partial charge is 0.458 e. The summed E-state index contributed by atoms with van der Waals surface area (Å²) in [6.07, 6.45) is 8.81. The second kappa shape index (κ2) is 11.1. The Morgan fingerprint density at radius 1 is 0.800 bits per heavy atom. The molecule has 6 radical (unpaired) electrons. The lowest BCUT2D eigenvalue weighted by Crippen LogP contribution is -2.24. The molecule has 0 unspecified atom stereocenters. The molecule has 0 heterocycles. The Hall–Kier alpha value is -0.570. The second-order valence-corrected chi connectivity index (χ2v) is 5.43. The van der Waals surface area contributed by atoms with Crippen molar-refractivity contribution in [1.82, 2.24) is 0 Å². The molecule has 20 heavy (non-hydrogen) atoms. The van der Waals surface area contributed by atoms with Crippen LogP contribution in [0.4, 0.5) is 0 Å². The minimum absolute atomic E-state index is 0.256. The second-order valence-electron chi connectivity index (χ2n) is 5.01. The van der Waals surface area contributed by atoms with Gasteiger partial charge in [0.2, 0.25) is 5.24 Å². The van der Waals surface area contributed by atoms with E-state index in [1.54, 1.807) is 0 Å². The molecule has 0 aromatic rings. The van der Waals surface area contributed by atoms with Gasteiger partial charge in [-0.3, -0.25) is 9.59 Å². The van der Waals surface area contributed by atoms with Gasteiger partial charge in [-0.25, -0.2) is 0 Å². The molecule has 0 spiro atoms. The molecule has 0 rings (SSSR count). The molecule has 112 valence electrons. The molecule has 4 heteroatoms. The highest BCUT2D eigenvalue weighted by Crippen LogP contribution is 2.13. The van der Waals surface area contributed by atoms with Crippen molar-refractivity contribution in [2.24, 2.45) is 0 Å². The summed E-state index contributed by atoms with van der Waals surface area (Å²) in [5, 5.41) is -0.256. The van der Waals surface area contributed by atoms with Crippen LogP contribution >= 0.6 is 11.6 Å². The maximum atomic E-state index is 11.2. The Morgan fingerprint density at radius 3 is 1.60 bits per heavy atom. The maximum Gasteiger partial charge on any atom is 0.306 e. The van der Waals surface area contributed by atoms with E-state index in [0.29, 0.717) is 6.42 Å². The molecule has 0 aliphatic heterocycles. The minimum atomic E-state index is -1.87. The van der Waals surface area contributed by atoms with E-state index in [-0.39, 0.29) is 11.7 Å². The third-order valence-corrected chi connectivity index (χ3v) is 2.98. The predicted molar refractivity (Wildman–Crippen MR) is 78.8 cm³/mol. The number of ether oxygens (including phenoxy) is 1. The lowest BCUT2D eigenvalue weighted by molar-refractivity contribution is -0.149. The van der Waals surface area contributed by atoms with Gasteiger partial charge in [-0.15, -0.1) is 0 Å². The topological polar surface area (TPSA) is 43.4 Å². The average Bonchev–Trinajstić information content (AvgIpc) is 2.28. The van der Waals surface area contributed by atoms with Gasteiger partial charge in [0.15, 0.2) is 0 Å². The minimum Gasteiger partial charge on any atom is -0.458 e. The maximum absolute atomic E-state index is 11.2. The molecule has 0 saturated carbocycles. The van der Waals surface area contributed by atoms with Crippen LogP contribution in [0.2, 0.25) is 0 Å². The Kier molecular flexibility index (Phi) is 10.8. The fraction of sp³-hybridized carbons (Fsp3) is 0.688. The molecule has 3 nitrogen and oxygen atoms in total. The monoisotopic (exact) mass is 298 g/mol. The van der Waals surface area contributed by atoms with E-state index >= 15 is 0 Å². The van der Waals surface area contributed by atoms with Crippen LogP contribution in [0.5, 0.6) is 0 Å². The van der Waals surface area contributed by atoms with Crippen LogP contribution in [-0.2, 0) is 14.3 Å². The van der Waals surface area contributed by atoms with Gasteiger partial charge in [0, 0.05) is 33.6 Å². The highest BCUT2D eigenvalue weighted by atomic mass is 35.5. The molecule has 0 bridgehead atoms. The van der Waals surface area contributed by atoms with Crippen LogP contribution in [0.15, 0.2) is 0 Å². The first-order valence-electron chi connectivity index (χ1n) is 7.08. The number of halogens is 1. The number of rotatable bonds is 12. The number of carbonyl (C=O) groups is 2. The first-order chi connectivity index (χ1) is 9.31. The summed E-state index contributed by atoms with van der Waals surface area (Å²) in [4.78, 5) is 21.7. The molecule has 0 atom stereocenters.